The molecule has 0 spiro atoms. The average Bonchev–Trinajstić information content (AvgIpc) is 3.09. The second-order valence-electron chi connectivity index (χ2n) is 10.0. The Bertz CT molecular complexity index is 815. The number of rotatable bonds is 3. The van der Waals surface area contributed by atoms with Gasteiger partial charge in [0, 0.05) is 10.1 Å². The summed E-state index contributed by atoms with van der Waals surface area (Å²) < 4.78 is 0. The molecule has 1 aliphatic carbocycles. The summed E-state index contributed by atoms with van der Waals surface area (Å²) in [7, 11) is -1.80. The van der Waals surface area contributed by atoms with Crippen molar-refractivity contribution in [2.45, 2.75) is 62.8 Å². The molecule has 0 radical (unpaired) electrons. The van der Waals surface area contributed by atoms with Crippen molar-refractivity contribution in [1.82, 2.24) is 0 Å². The molecule has 1 fully saturated rings. The normalized spacial score (nSPS) is 27.9. The van der Waals surface area contributed by atoms with Crippen molar-refractivity contribution in [2.75, 3.05) is 0 Å². The van der Waals surface area contributed by atoms with E-state index in [1.807, 2.05) is 0 Å². The van der Waals surface area contributed by atoms with E-state index in [9.17, 15) is 0 Å². The summed E-state index contributed by atoms with van der Waals surface area (Å²) in [6.07, 6.45) is 0. The third-order valence-corrected chi connectivity index (χ3v) is 14.1. The summed E-state index contributed by atoms with van der Waals surface area (Å²) in [6.45, 7) is 14.9. The molecule has 31 heavy (non-hydrogen) atoms. The van der Waals surface area contributed by atoms with E-state index in [1.165, 1.54) is 4.90 Å². The zero-order valence-electron chi connectivity index (χ0n) is 21.1. The van der Waals surface area contributed by atoms with Crippen molar-refractivity contribution >= 4 is 25.0 Å². The van der Waals surface area contributed by atoms with Gasteiger partial charge in [-0.05, 0) is 29.4 Å². The maximum absolute atomic E-state index is 2.79. The van der Waals surface area contributed by atoms with Gasteiger partial charge >= 0.3 is 21.7 Å². The van der Waals surface area contributed by atoms with Gasteiger partial charge in [-0.1, -0.05) is 108 Å². The predicted octanol–water partition coefficient (Wildman–Crippen LogP) is 8.02. The largest absolute Gasteiger partial charge is 4.00 e. The summed E-state index contributed by atoms with van der Waals surface area (Å²) >= 11 is 2.18. The van der Waals surface area contributed by atoms with Crippen LogP contribution in [0.2, 0.25) is 12.1 Å². The van der Waals surface area contributed by atoms with Crippen molar-refractivity contribution < 1.29 is 21.7 Å². The van der Waals surface area contributed by atoms with Gasteiger partial charge in [-0.3, -0.25) is 0 Å². The first-order valence-corrected chi connectivity index (χ1v) is 13.9. The van der Waals surface area contributed by atoms with Crippen molar-refractivity contribution in [3.8, 4) is 0 Å². The zero-order chi connectivity index (χ0) is 19.4. The van der Waals surface area contributed by atoms with E-state index in [0.717, 1.165) is 28.5 Å². The molecule has 6 unspecified atom stereocenters. The minimum atomic E-state index is -1.80. The minimum absolute atomic E-state index is 0. The van der Waals surface area contributed by atoms with Gasteiger partial charge in [0.2, 0.25) is 0 Å². The van der Waals surface area contributed by atoms with Gasteiger partial charge in [-0.15, -0.1) is 11.8 Å². The Morgan fingerprint density at radius 1 is 0.839 bits per heavy atom. The Labute approximate surface area is 214 Å². The second kappa shape index (κ2) is 11.2. The van der Waals surface area contributed by atoms with Crippen LogP contribution in [0.5, 0.6) is 0 Å². The standard InChI is InChI=1S/C25H33SSi.3CH3.Ti/c1-17-18(2)24(23-22(17)20-14-10-11-15-21(20)26-23)27(6,16-25(3,4)5)19-12-8-7-9-13-19;;;;/h7-18,22-24H,1-6H3;3*1H3;/q4*-1;+4. The molecule has 0 nitrogen and oxygen atoms in total. The van der Waals surface area contributed by atoms with E-state index in [2.05, 4.69) is 114 Å². The molecular formula is C28H42SSiTi. The van der Waals surface area contributed by atoms with Crippen LogP contribution in [0.25, 0.3) is 0 Å². The smallest absolute Gasteiger partial charge is 0.358 e. The fraction of sp³-hybridized carbons (Fsp3) is 0.429. The molecule has 0 aromatic heterocycles. The summed E-state index contributed by atoms with van der Waals surface area (Å²) in [5.41, 5.74) is 2.64. The first-order valence-electron chi connectivity index (χ1n) is 10.4. The molecule has 4 rings (SSSR count). The molecule has 0 N–H and O–H groups in total. The van der Waals surface area contributed by atoms with Crippen molar-refractivity contribution in [2.24, 2.45) is 17.3 Å². The van der Waals surface area contributed by atoms with E-state index < -0.39 is 8.07 Å². The van der Waals surface area contributed by atoms with Crippen LogP contribution in [0.3, 0.4) is 0 Å². The molecule has 1 aliphatic heterocycles. The van der Waals surface area contributed by atoms with E-state index in [4.69, 9.17) is 0 Å². The van der Waals surface area contributed by atoms with Crippen molar-refractivity contribution in [1.29, 1.82) is 0 Å². The Morgan fingerprint density at radius 3 is 1.97 bits per heavy atom. The molecule has 6 atom stereocenters. The van der Waals surface area contributed by atoms with E-state index >= 15 is 0 Å². The Balaban J connectivity index is 0.00000225. The Morgan fingerprint density at radius 2 is 1.39 bits per heavy atom. The Kier molecular flexibility index (Phi) is 11.1. The second-order valence-corrected chi connectivity index (χ2v) is 15.4. The van der Waals surface area contributed by atoms with E-state index in [-0.39, 0.29) is 49.4 Å². The summed E-state index contributed by atoms with van der Waals surface area (Å²) in [6, 6.07) is 23.5. The molecule has 3 heteroatoms. The molecule has 0 amide bonds. The summed E-state index contributed by atoms with van der Waals surface area (Å²) in [4.78, 5) is 1.54. The van der Waals surface area contributed by atoms with Crippen LogP contribution in [0, 0.1) is 45.6 Å². The molecule has 2 aromatic rings. The summed E-state index contributed by atoms with van der Waals surface area (Å²) in [5, 5.41) is 2.34. The van der Waals surface area contributed by atoms with Crippen molar-refractivity contribution in [3.63, 3.8) is 0 Å². The predicted molar refractivity (Wildman–Crippen MR) is 142 cm³/mol. The van der Waals surface area contributed by atoms with Gasteiger partial charge in [0.05, 0.1) is 0 Å². The van der Waals surface area contributed by atoms with Gasteiger partial charge in [-0.25, -0.2) is 0 Å². The van der Waals surface area contributed by atoms with Crippen LogP contribution in [-0.4, -0.2) is 13.3 Å². The maximum atomic E-state index is 2.79. The van der Waals surface area contributed by atoms with Crippen LogP contribution in [0.4, 0.5) is 0 Å². The third kappa shape index (κ3) is 5.45. The number of benzene rings is 2. The van der Waals surface area contributed by atoms with E-state index in [0.29, 0.717) is 0 Å². The van der Waals surface area contributed by atoms with Crippen LogP contribution in [-0.2, 0) is 21.7 Å². The van der Waals surface area contributed by atoms with Crippen LogP contribution < -0.4 is 5.19 Å². The molecular weight excluding hydrogens is 444 g/mol. The number of hydrogen-bond acceptors (Lipinski definition) is 1. The zero-order valence-corrected chi connectivity index (χ0v) is 24.4. The molecule has 168 valence electrons. The van der Waals surface area contributed by atoms with Gasteiger partial charge in [-0.2, -0.15) is 5.41 Å². The first-order chi connectivity index (χ1) is 12.7. The number of hydrogen-bond donors (Lipinski definition) is 0. The monoisotopic (exact) mass is 486 g/mol. The van der Waals surface area contributed by atoms with Crippen LogP contribution in [0.1, 0.15) is 46.1 Å². The Hall–Kier alpha value is -0.279. The van der Waals surface area contributed by atoms with Gasteiger partial charge in [0.15, 0.2) is 0 Å². The maximum Gasteiger partial charge on any atom is 4.00 e. The van der Waals surface area contributed by atoms with Gasteiger partial charge in [0.1, 0.15) is 0 Å². The molecule has 2 aromatic carbocycles. The molecule has 1 heterocycles. The number of thioether (sulfide) groups is 1. The summed E-state index contributed by atoms with van der Waals surface area (Å²) in [5.74, 6) is 2.23. The average molecular weight is 487 g/mol. The van der Waals surface area contributed by atoms with Crippen LogP contribution >= 0.6 is 11.8 Å². The molecule has 2 aliphatic rings. The quantitative estimate of drug-likeness (QED) is 0.313. The van der Waals surface area contributed by atoms with Crippen molar-refractivity contribution in [3.05, 3.63) is 88.5 Å². The van der Waals surface area contributed by atoms with E-state index in [1.54, 1.807) is 10.8 Å². The van der Waals surface area contributed by atoms with Gasteiger partial charge in [0.25, 0.3) is 0 Å². The fourth-order valence-corrected chi connectivity index (χ4v) is 14.6. The minimum Gasteiger partial charge on any atom is -0.358 e. The fourth-order valence-electron chi connectivity index (χ4n) is 6.05. The first kappa shape index (κ1) is 30.7. The molecule has 0 saturated heterocycles. The number of fused-ring (bicyclic) bond motifs is 3. The molecule has 0 bridgehead atoms. The molecule has 1 saturated carbocycles. The SMILES string of the molecule is CC1C(C)C([Si](C)([CH-]C(C)(C)C)c2ccccc2)C2Sc3ccccc3C12.[CH3-].[CH3-].[CH3-].[Ti+4]. The topological polar surface area (TPSA) is 0 Å². The third-order valence-electron chi connectivity index (χ3n) is 7.03. The van der Waals surface area contributed by atoms with Crippen LogP contribution in [0.15, 0.2) is 59.5 Å². The van der Waals surface area contributed by atoms with Gasteiger partial charge < -0.3 is 28.3 Å².